The van der Waals surface area contributed by atoms with Gasteiger partial charge in [-0.25, -0.2) is 4.98 Å². The second-order valence-corrected chi connectivity index (χ2v) is 5.43. The largest absolute Gasteiger partial charge is 0.380 e. The standard InChI is InChI=1S/C17H24N2O/c1-5-9-18-17-15(12(2)3)10-13-7-6-8-14(11-20-4)16(13)19-17/h6-8,10,12H,5,9,11H2,1-4H3,(H,18,19). The first kappa shape index (κ1) is 14.8. The summed E-state index contributed by atoms with van der Waals surface area (Å²) in [7, 11) is 1.72. The number of benzene rings is 1. The van der Waals surface area contributed by atoms with Gasteiger partial charge < -0.3 is 10.1 Å². The number of para-hydroxylation sites is 1. The van der Waals surface area contributed by atoms with Gasteiger partial charge in [-0.1, -0.05) is 39.0 Å². The number of hydrogen-bond donors (Lipinski definition) is 1. The Balaban J connectivity index is 2.56. The van der Waals surface area contributed by atoms with E-state index in [-0.39, 0.29) is 0 Å². The molecule has 0 saturated heterocycles. The number of rotatable bonds is 6. The second-order valence-electron chi connectivity index (χ2n) is 5.43. The van der Waals surface area contributed by atoms with Crippen molar-refractivity contribution in [1.82, 2.24) is 4.98 Å². The van der Waals surface area contributed by atoms with Gasteiger partial charge in [-0.2, -0.15) is 0 Å². The summed E-state index contributed by atoms with van der Waals surface area (Å²) in [5.74, 6) is 1.47. The average Bonchev–Trinajstić information content (AvgIpc) is 2.44. The monoisotopic (exact) mass is 272 g/mol. The highest BCUT2D eigenvalue weighted by molar-refractivity contribution is 5.84. The van der Waals surface area contributed by atoms with Gasteiger partial charge in [0.25, 0.3) is 0 Å². The molecule has 0 atom stereocenters. The molecule has 0 aliphatic rings. The highest BCUT2D eigenvalue weighted by Gasteiger charge is 2.11. The molecule has 1 N–H and O–H groups in total. The van der Waals surface area contributed by atoms with E-state index in [1.54, 1.807) is 7.11 Å². The summed E-state index contributed by atoms with van der Waals surface area (Å²) in [6, 6.07) is 8.53. The van der Waals surface area contributed by atoms with Gasteiger partial charge in [-0.15, -0.1) is 0 Å². The molecule has 2 rings (SSSR count). The molecule has 1 heterocycles. The van der Waals surface area contributed by atoms with Gasteiger partial charge >= 0.3 is 0 Å². The zero-order chi connectivity index (χ0) is 14.5. The fourth-order valence-corrected chi connectivity index (χ4v) is 2.37. The molecule has 0 aliphatic heterocycles. The second kappa shape index (κ2) is 6.71. The fourth-order valence-electron chi connectivity index (χ4n) is 2.37. The van der Waals surface area contributed by atoms with E-state index in [1.807, 2.05) is 0 Å². The van der Waals surface area contributed by atoms with Crippen LogP contribution in [0.4, 0.5) is 5.82 Å². The van der Waals surface area contributed by atoms with Gasteiger partial charge in [-0.05, 0) is 24.0 Å². The predicted octanol–water partition coefficient (Wildman–Crippen LogP) is 4.33. The van der Waals surface area contributed by atoms with Crippen LogP contribution in [0.2, 0.25) is 0 Å². The summed E-state index contributed by atoms with van der Waals surface area (Å²) in [6.45, 7) is 8.13. The molecule has 108 valence electrons. The van der Waals surface area contributed by atoms with Crippen molar-refractivity contribution in [2.75, 3.05) is 19.0 Å². The molecular weight excluding hydrogens is 248 g/mol. The molecule has 20 heavy (non-hydrogen) atoms. The first-order chi connectivity index (χ1) is 9.67. The van der Waals surface area contributed by atoms with Gasteiger partial charge in [0.15, 0.2) is 0 Å². The van der Waals surface area contributed by atoms with E-state index in [9.17, 15) is 0 Å². The normalized spacial score (nSPS) is 11.2. The smallest absolute Gasteiger partial charge is 0.130 e. The Morgan fingerprint density at radius 3 is 2.75 bits per heavy atom. The van der Waals surface area contributed by atoms with Gasteiger partial charge in [0.05, 0.1) is 12.1 Å². The van der Waals surface area contributed by atoms with Gasteiger partial charge in [0, 0.05) is 24.6 Å². The number of hydrogen-bond acceptors (Lipinski definition) is 3. The Morgan fingerprint density at radius 2 is 2.10 bits per heavy atom. The molecule has 0 unspecified atom stereocenters. The van der Waals surface area contributed by atoms with E-state index in [2.05, 4.69) is 50.4 Å². The van der Waals surface area contributed by atoms with Gasteiger partial charge in [0.1, 0.15) is 5.82 Å². The molecule has 0 bridgehead atoms. The highest BCUT2D eigenvalue weighted by atomic mass is 16.5. The summed E-state index contributed by atoms with van der Waals surface area (Å²) in [5.41, 5.74) is 3.46. The maximum absolute atomic E-state index is 5.27. The van der Waals surface area contributed by atoms with E-state index < -0.39 is 0 Å². The summed E-state index contributed by atoms with van der Waals surface area (Å²) < 4.78 is 5.27. The number of fused-ring (bicyclic) bond motifs is 1. The van der Waals surface area contributed by atoms with E-state index in [1.165, 1.54) is 10.9 Å². The Morgan fingerprint density at radius 1 is 1.30 bits per heavy atom. The van der Waals surface area contributed by atoms with Crippen LogP contribution in [0.15, 0.2) is 24.3 Å². The van der Waals surface area contributed by atoms with Crippen LogP contribution >= 0.6 is 0 Å². The summed E-state index contributed by atoms with van der Waals surface area (Å²) in [5, 5.41) is 4.64. The molecule has 1 aromatic heterocycles. The lowest BCUT2D eigenvalue weighted by Gasteiger charge is -2.16. The minimum absolute atomic E-state index is 0.456. The topological polar surface area (TPSA) is 34.2 Å². The minimum Gasteiger partial charge on any atom is -0.380 e. The molecule has 1 aromatic carbocycles. The third kappa shape index (κ3) is 3.10. The van der Waals surface area contributed by atoms with Gasteiger partial charge in [-0.3, -0.25) is 0 Å². The molecule has 0 amide bonds. The first-order valence-electron chi connectivity index (χ1n) is 7.32. The zero-order valence-electron chi connectivity index (χ0n) is 12.9. The average molecular weight is 272 g/mol. The molecule has 0 fully saturated rings. The first-order valence-corrected chi connectivity index (χ1v) is 7.32. The van der Waals surface area contributed by atoms with Crippen LogP contribution in [0.25, 0.3) is 10.9 Å². The quantitative estimate of drug-likeness (QED) is 0.850. The summed E-state index contributed by atoms with van der Waals surface area (Å²) >= 11 is 0. The van der Waals surface area contributed by atoms with E-state index >= 15 is 0 Å². The number of nitrogens with zero attached hydrogens (tertiary/aromatic N) is 1. The van der Waals surface area contributed by atoms with Crippen LogP contribution in [0.3, 0.4) is 0 Å². The van der Waals surface area contributed by atoms with E-state index in [4.69, 9.17) is 9.72 Å². The molecule has 0 saturated carbocycles. The van der Waals surface area contributed by atoms with Crippen LogP contribution < -0.4 is 5.32 Å². The predicted molar refractivity (Wildman–Crippen MR) is 85.3 cm³/mol. The Bertz CT molecular complexity index is 578. The van der Waals surface area contributed by atoms with Crippen molar-refractivity contribution in [2.24, 2.45) is 0 Å². The fraction of sp³-hybridized carbons (Fsp3) is 0.471. The maximum atomic E-state index is 5.27. The lowest BCUT2D eigenvalue weighted by molar-refractivity contribution is 0.186. The van der Waals surface area contributed by atoms with Gasteiger partial charge in [0.2, 0.25) is 0 Å². The summed E-state index contributed by atoms with van der Waals surface area (Å²) in [6.07, 6.45) is 1.09. The van der Waals surface area contributed by atoms with Crippen LogP contribution in [0.1, 0.15) is 44.2 Å². The maximum Gasteiger partial charge on any atom is 0.130 e. The van der Waals surface area contributed by atoms with Crippen LogP contribution in [0.5, 0.6) is 0 Å². The number of pyridine rings is 1. The van der Waals surface area contributed by atoms with Crippen molar-refractivity contribution in [2.45, 2.75) is 39.7 Å². The lowest BCUT2D eigenvalue weighted by Crippen LogP contribution is -2.07. The minimum atomic E-state index is 0.456. The molecule has 0 spiro atoms. The highest BCUT2D eigenvalue weighted by Crippen LogP contribution is 2.28. The molecule has 2 aromatic rings. The van der Waals surface area contributed by atoms with Crippen molar-refractivity contribution in [3.05, 3.63) is 35.4 Å². The third-order valence-electron chi connectivity index (χ3n) is 3.42. The number of methoxy groups -OCH3 is 1. The van der Waals surface area contributed by atoms with Crippen molar-refractivity contribution in [1.29, 1.82) is 0 Å². The van der Waals surface area contributed by atoms with Crippen molar-refractivity contribution >= 4 is 16.7 Å². The van der Waals surface area contributed by atoms with Crippen LogP contribution in [-0.2, 0) is 11.3 Å². The molecule has 3 nitrogen and oxygen atoms in total. The number of ether oxygens (including phenoxy) is 1. The Hall–Kier alpha value is -1.61. The number of anilines is 1. The molecule has 0 radical (unpaired) electrons. The summed E-state index contributed by atoms with van der Waals surface area (Å²) in [4.78, 5) is 4.86. The van der Waals surface area contributed by atoms with Crippen molar-refractivity contribution in [3.63, 3.8) is 0 Å². The zero-order valence-corrected chi connectivity index (χ0v) is 12.9. The number of aromatic nitrogens is 1. The Labute approximate surface area is 121 Å². The number of nitrogens with one attached hydrogen (secondary N) is 1. The lowest BCUT2D eigenvalue weighted by atomic mass is 10.0. The third-order valence-corrected chi connectivity index (χ3v) is 3.42. The van der Waals surface area contributed by atoms with Crippen LogP contribution in [0, 0.1) is 0 Å². The van der Waals surface area contributed by atoms with E-state index in [0.717, 1.165) is 29.9 Å². The molecule has 0 aliphatic carbocycles. The van der Waals surface area contributed by atoms with Crippen molar-refractivity contribution < 1.29 is 4.74 Å². The van der Waals surface area contributed by atoms with Crippen molar-refractivity contribution in [3.8, 4) is 0 Å². The molecular formula is C17H24N2O. The van der Waals surface area contributed by atoms with Crippen LogP contribution in [-0.4, -0.2) is 18.6 Å². The van der Waals surface area contributed by atoms with E-state index in [0.29, 0.717) is 12.5 Å². The molecule has 3 heteroatoms. The Kier molecular flexibility index (Phi) is 4.96. The SMILES string of the molecule is CCCNc1nc2c(COC)cccc2cc1C(C)C.